The van der Waals surface area contributed by atoms with Crippen molar-refractivity contribution < 1.29 is 19.1 Å². The van der Waals surface area contributed by atoms with Crippen LogP contribution >= 0.6 is 0 Å². The van der Waals surface area contributed by atoms with Crippen molar-refractivity contribution in [3.63, 3.8) is 0 Å². The van der Waals surface area contributed by atoms with Crippen LogP contribution in [0.25, 0.3) is 0 Å². The summed E-state index contributed by atoms with van der Waals surface area (Å²) in [5.74, 6) is -1.07. The Labute approximate surface area is 152 Å². The van der Waals surface area contributed by atoms with E-state index >= 15 is 0 Å². The number of likely N-dealkylation sites (N-methyl/N-ethyl adjacent to an activating group) is 1. The Morgan fingerprint density at radius 3 is 2.23 bits per heavy atom. The molecule has 0 heterocycles. The minimum Gasteiger partial charge on any atom is -0.452 e. The summed E-state index contributed by atoms with van der Waals surface area (Å²) in [7, 11) is 1.68. The van der Waals surface area contributed by atoms with Crippen LogP contribution < -0.4 is 5.32 Å². The van der Waals surface area contributed by atoms with Crippen LogP contribution in [0.15, 0.2) is 54.6 Å². The normalized spacial score (nSPS) is 11.3. The van der Waals surface area contributed by atoms with Crippen molar-refractivity contribution in [3.8, 4) is 0 Å². The highest BCUT2D eigenvalue weighted by Gasteiger charge is 2.19. The van der Waals surface area contributed by atoms with Crippen LogP contribution in [0.1, 0.15) is 35.8 Å². The highest BCUT2D eigenvalue weighted by Crippen LogP contribution is 2.18. The fourth-order valence-corrected chi connectivity index (χ4v) is 2.38. The van der Waals surface area contributed by atoms with Gasteiger partial charge in [-0.1, -0.05) is 30.3 Å². The predicted molar refractivity (Wildman–Crippen MR) is 98.7 cm³/mol. The van der Waals surface area contributed by atoms with Gasteiger partial charge in [-0.05, 0) is 36.8 Å². The van der Waals surface area contributed by atoms with Crippen LogP contribution in [0.4, 0.5) is 5.69 Å². The van der Waals surface area contributed by atoms with E-state index in [0.29, 0.717) is 11.3 Å². The first kappa shape index (κ1) is 19.2. The van der Waals surface area contributed by atoms with Crippen LogP contribution in [-0.2, 0) is 14.3 Å². The molecule has 2 aromatic rings. The maximum atomic E-state index is 12.3. The highest BCUT2D eigenvalue weighted by atomic mass is 16.5. The Morgan fingerprint density at radius 2 is 1.65 bits per heavy atom. The van der Waals surface area contributed by atoms with Gasteiger partial charge in [0, 0.05) is 19.7 Å². The molecule has 136 valence electrons. The summed E-state index contributed by atoms with van der Waals surface area (Å²) < 4.78 is 5.10. The van der Waals surface area contributed by atoms with Gasteiger partial charge in [-0.3, -0.25) is 9.59 Å². The number of amides is 2. The van der Waals surface area contributed by atoms with E-state index in [1.165, 1.54) is 19.1 Å². The van der Waals surface area contributed by atoms with Crippen molar-refractivity contribution in [1.29, 1.82) is 0 Å². The zero-order valence-corrected chi connectivity index (χ0v) is 15.1. The molecular weight excluding hydrogens is 332 g/mol. The summed E-state index contributed by atoms with van der Waals surface area (Å²) in [6.07, 6.45) is 0. The van der Waals surface area contributed by atoms with Gasteiger partial charge in [-0.2, -0.15) is 0 Å². The molecule has 0 radical (unpaired) electrons. The number of benzene rings is 2. The second-order valence-electron chi connectivity index (χ2n) is 5.93. The third-order valence-electron chi connectivity index (χ3n) is 4.02. The average molecular weight is 354 g/mol. The molecule has 6 nitrogen and oxygen atoms in total. The van der Waals surface area contributed by atoms with Crippen LogP contribution in [0.3, 0.4) is 0 Å². The van der Waals surface area contributed by atoms with Gasteiger partial charge in [0.25, 0.3) is 5.91 Å². The minimum atomic E-state index is -0.589. The Hall–Kier alpha value is -3.15. The summed E-state index contributed by atoms with van der Waals surface area (Å²) in [6.45, 7) is 2.98. The van der Waals surface area contributed by atoms with E-state index in [-0.39, 0.29) is 24.5 Å². The number of nitrogens with one attached hydrogen (secondary N) is 1. The number of hydrogen-bond donors (Lipinski definition) is 1. The fourth-order valence-electron chi connectivity index (χ4n) is 2.38. The number of ether oxygens (including phenoxy) is 1. The van der Waals surface area contributed by atoms with E-state index in [1.807, 2.05) is 37.3 Å². The molecule has 6 heteroatoms. The van der Waals surface area contributed by atoms with E-state index < -0.39 is 5.97 Å². The van der Waals surface area contributed by atoms with E-state index in [2.05, 4.69) is 5.32 Å². The predicted octanol–water partition coefficient (Wildman–Crippen LogP) is 3.02. The molecule has 0 aromatic heterocycles. The summed E-state index contributed by atoms with van der Waals surface area (Å²) >= 11 is 0. The molecule has 1 unspecified atom stereocenters. The molecule has 0 saturated heterocycles. The molecule has 2 aromatic carbocycles. The van der Waals surface area contributed by atoms with Crippen LogP contribution in [0.2, 0.25) is 0 Å². The molecule has 0 saturated carbocycles. The van der Waals surface area contributed by atoms with Crippen LogP contribution in [0, 0.1) is 0 Å². The van der Waals surface area contributed by atoms with Crippen molar-refractivity contribution in [2.24, 2.45) is 0 Å². The lowest BCUT2D eigenvalue weighted by atomic mass is 10.1. The number of hydrogen-bond acceptors (Lipinski definition) is 4. The first-order valence-electron chi connectivity index (χ1n) is 8.24. The van der Waals surface area contributed by atoms with Gasteiger partial charge in [0.05, 0.1) is 11.6 Å². The van der Waals surface area contributed by atoms with Gasteiger partial charge in [-0.25, -0.2) is 4.79 Å². The average Bonchev–Trinajstić information content (AvgIpc) is 2.65. The standard InChI is InChI=1S/C20H22N2O4/c1-14(16-7-5-4-6-8-16)22(3)19(24)13-26-20(25)17-9-11-18(12-10-17)21-15(2)23/h4-12,14H,13H2,1-3H3,(H,21,23). The van der Waals surface area contributed by atoms with Gasteiger partial charge in [0.1, 0.15) is 0 Å². The SMILES string of the molecule is CC(=O)Nc1ccc(C(=O)OCC(=O)N(C)C(C)c2ccccc2)cc1. The van der Waals surface area contributed by atoms with Gasteiger partial charge < -0.3 is 15.0 Å². The highest BCUT2D eigenvalue weighted by molar-refractivity contribution is 5.93. The molecule has 0 aliphatic rings. The van der Waals surface area contributed by atoms with Gasteiger partial charge in [-0.15, -0.1) is 0 Å². The summed E-state index contributed by atoms with van der Waals surface area (Å²) in [5, 5.41) is 2.61. The largest absolute Gasteiger partial charge is 0.452 e. The molecule has 0 aliphatic carbocycles. The molecule has 0 bridgehead atoms. The Balaban J connectivity index is 1.89. The molecule has 1 N–H and O–H groups in total. The number of esters is 1. The van der Waals surface area contributed by atoms with Gasteiger partial charge in [0.2, 0.25) is 5.91 Å². The lowest BCUT2D eigenvalue weighted by molar-refractivity contribution is -0.135. The zero-order chi connectivity index (χ0) is 19.1. The van der Waals surface area contributed by atoms with E-state index in [4.69, 9.17) is 4.74 Å². The summed E-state index contributed by atoms with van der Waals surface area (Å²) in [5.41, 5.74) is 1.90. The third kappa shape index (κ3) is 5.17. The summed E-state index contributed by atoms with van der Waals surface area (Å²) in [6, 6.07) is 15.8. The second kappa shape index (κ2) is 8.80. The van der Waals surface area contributed by atoms with Crippen molar-refractivity contribution >= 4 is 23.5 Å². The fraction of sp³-hybridized carbons (Fsp3) is 0.250. The van der Waals surface area contributed by atoms with E-state index in [1.54, 1.807) is 24.1 Å². The number of anilines is 1. The number of rotatable bonds is 6. The molecule has 0 spiro atoms. The lowest BCUT2D eigenvalue weighted by Gasteiger charge is -2.25. The van der Waals surface area contributed by atoms with Crippen LogP contribution in [0.5, 0.6) is 0 Å². The smallest absolute Gasteiger partial charge is 0.338 e. The van der Waals surface area contributed by atoms with E-state index in [9.17, 15) is 14.4 Å². The molecular formula is C20H22N2O4. The topological polar surface area (TPSA) is 75.7 Å². The Bertz CT molecular complexity index is 772. The van der Waals surface area contributed by atoms with Gasteiger partial charge >= 0.3 is 5.97 Å². The number of carbonyl (C=O) groups is 3. The lowest BCUT2D eigenvalue weighted by Crippen LogP contribution is -2.33. The first-order valence-corrected chi connectivity index (χ1v) is 8.24. The number of nitrogens with zero attached hydrogens (tertiary/aromatic N) is 1. The molecule has 2 amide bonds. The monoisotopic (exact) mass is 354 g/mol. The molecule has 0 fully saturated rings. The van der Waals surface area contributed by atoms with E-state index in [0.717, 1.165) is 5.56 Å². The molecule has 2 rings (SSSR count). The maximum absolute atomic E-state index is 12.3. The molecule has 26 heavy (non-hydrogen) atoms. The van der Waals surface area contributed by atoms with Crippen molar-refractivity contribution in [3.05, 3.63) is 65.7 Å². The second-order valence-corrected chi connectivity index (χ2v) is 5.93. The molecule has 0 aliphatic heterocycles. The quantitative estimate of drug-likeness (QED) is 0.809. The minimum absolute atomic E-state index is 0.126. The zero-order valence-electron chi connectivity index (χ0n) is 15.1. The summed E-state index contributed by atoms with van der Waals surface area (Å²) in [4.78, 5) is 36.9. The van der Waals surface area contributed by atoms with Gasteiger partial charge in [0.15, 0.2) is 6.61 Å². The van der Waals surface area contributed by atoms with Crippen LogP contribution in [-0.4, -0.2) is 36.3 Å². The van der Waals surface area contributed by atoms with Crippen molar-refractivity contribution in [2.75, 3.05) is 19.0 Å². The van der Waals surface area contributed by atoms with Crippen molar-refractivity contribution in [1.82, 2.24) is 4.90 Å². The van der Waals surface area contributed by atoms with Crippen molar-refractivity contribution in [2.45, 2.75) is 19.9 Å². The number of carbonyl (C=O) groups excluding carboxylic acids is 3. The Kier molecular flexibility index (Phi) is 6.49. The third-order valence-corrected chi connectivity index (χ3v) is 4.02. The Morgan fingerprint density at radius 1 is 1.04 bits per heavy atom. The first-order chi connectivity index (χ1) is 12.4. The molecule has 1 atom stereocenters. The maximum Gasteiger partial charge on any atom is 0.338 e.